The predicted molar refractivity (Wildman–Crippen MR) is 142 cm³/mol. The highest BCUT2D eigenvalue weighted by Gasteiger charge is 2.31. The summed E-state index contributed by atoms with van der Waals surface area (Å²) in [5, 5.41) is 5.74. The van der Waals surface area contributed by atoms with Crippen LogP contribution in [0.1, 0.15) is 47.3 Å². The van der Waals surface area contributed by atoms with E-state index >= 15 is 0 Å². The summed E-state index contributed by atoms with van der Waals surface area (Å²) in [5.41, 5.74) is 5.75. The van der Waals surface area contributed by atoms with Gasteiger partial charge in [-0.1, -0.05) is 6.42 Å². The van der Waals surface area contributed by atoms with Gasteiger partial charge < -0.3 is 21.1 Å². The Hall–Kier alpha value is -4.19. The Morgan fingerprint density at radius 3 is 2.48 bits per heavy atom. The summed E-state index contributed by atoms with van der Waals surface area (Å²) in [7, 11) is 0. The van der Waals surface area contributed by atoms with Crippen LogP contribution in [0.25, 0.3) is 11.4 Å². The maximum absolute atomic E-state index is 13.4. The van der Waals surface area contributed by atoms with Gasteiger partial charge in [0, 0.05) is 30.3 Å². The van der Waals surface area contributed by atoms with Gasteiger partial charge in [0.25, 0.3) is 5.91 Å². The number of hydrogen-bond donors (Lipinski definition) is 3. The molecule has 0 bridgehead atoms. The van der Waals surface area contributed by atoms with Crippen LogP contribution in [0.4, 0.5) is 19.0 Å². The van der Waals surface area contributed by atoms with E-state index in [0.29, 0.717) is 42.1 Å². The van der Waals surface area contributed by atoms with E-state index in [1.54, 1.807) is 24.3 Å². The number of benzene rings is 2. The van der Waals surface area contributed by atoms with Gasteiger partial charge in [0.2, 0.25) is 5.91 Å². The van der Waals surface area contributed by atoms with Crippen molar-refractivity contribution < 1.29 is 27.5 Å². The van der Waals surface area contributed by atoms with Gasteiger partial charge >= 0.3 is 6.18 Å². The second-order valence-electron chi connectivity index (χ2n) is 9.89. The molecule has 2 aliphatic heterocycles. The number of anilines is 1. The van der Waals surface area contributed by atoms with Crippen LogP contribution in [0, 0.1) is 0 Å². The predicted octanol–water partition coefficient (Wildman–Crippen LogP) is 4.34. The molecule has 2 aliphatic rings. The summed E-state index contributed by atoms with van der Waals surface area (Å²) in [4.78, 5) is 34.7. The minimum Gasteiger partial charge on any atom is -0.457 e. The third-order valence-corrected chi connectivity index (χ3v) is 6.92. The third-order valence-electron chi connectivity index (χ3n) is 6.92. The number of carbonyl (C=O) groups excluding carboxylic acids is 2. The van der Waals surface area contributed by atoms with Crippen molar-refractivity contribution in [3.63, 3.8) is 0 Å². The van der Waals surface area contributed by atoms with Crippen molar-refractivity contribution in [1.82, 2.24) is 20.2 Å². The molecule has 9 nitrogen and oxygen atoms in total. The fraction of sp³-hybridized carbons (Fsp3) is 0.357. The molecule has 4 N–H and O–H groups in total. The van der Waals surface area contributed by atoms with Crippen LogP contribution in [0.5, 0.6) is 11.5 Å². The Morgan fingerprint density at radius 1 is 1.07 bits per heavy atom. The van der Waals surface area contributed by atoms with E-state index in [9.17, 15) is 22.8 Å². The summed E-state index contributed by atoms with van der Waals surface area (Å²) in [5.74, 6) is 0.351. The van der Waals surface area contributed by atoms with Crippen LogP contribution in [0.3, 0.4) is 0 Å². The minimum atomic E-state index is -4.45. The molecule has 1 aromatic heterocycles. The first kappa shape index (κ1) is 27.4. The molecule has 2 fully saturated rings. The highest BCUT2D eigenvalue weighted by atomic mass is 19.4. The molecule has 12 heteroatoms. The number of nitrogens with zero attached hydrogens (tertiary/aromatic N) is 3. The zero-order valence-corrected chi connectivity index (χ0v) is 21.6. The average Bonchev–Trinajstić information content (AvgIpc) is 3.33. The first-order chi connectivity index (χ1) is 19.2. The number of ether oxygens (including phenoxy) is 1. The number of likely N-dealkylation sites (tertiary alicyclic amines) is 1. The van der Waals surface area contributed by atoms with Gasteiger partial charge in [-0.2, -0.15) is 13.2 Å². The second-order valence-corrected chi connectivity index (χ2v) is 9.89. The van der Waals surface area contributed by atoms with E-state index in [1.165, 1.54) is 12.1 Å². The first-order valence-corrected chi connectivity index (χ1v) is 13.1. The summed E-state index contributed by atoms with van der Waals surface area (Å²) in [6.45, 7) is 2.56. The van der Waals surface area contributed by atoms with Crippen molar-refractivity contribution in [3.8, 4) is 22.9 Å². The van der Waals surface area contributed by atoms with Gasteiger partial charge in [0.05, 0.1) is 5.56 Å². The lowest BCUT2D eigenvalue weighted by Gasteiger charge is -2.27. The van der Waals surface area contributed by atoms with Gasteiger partial charge in [-0.05, 0) is 74.8 Å². The summed E-state index contributed by atoms with van der Waals surface area (Å²) in [6.07, 6.45) is -0.735. The standard InChI is InChI=1S/C28H29F3N6O3/c29-28(30,31)19-6-9-23(18(14-19)16-37-12-2-1-3-13-37)40-20-7-4-17(5-8-20)26-35-22(25(32)38)15-24(36-26)34-21-10-11-33-27(21)39/h4-9,14-15,21H,1-3,10-13,16H2,(H2,32,38)(H,33,39)(H,34,35,36)/t21-/m0/s1. The number of amides is 2. The second kappa shape index (κ2) is 11.5. The highest BCUT2D eigenvalue weighted by molar-refractivity contribution is 5.92. The highest BCUT2D eigenvalue weighted by Crippen LogP contribution is 2.35. The number of halogens is 3. The smallest absolute Gasteiger partial charge is 0.416 e. The normalized spacial score (nSPS) is 17.9. The number of hydrogen-bond acceptors (Lipinski definition) is 7. The number of alkyl halides is 3. The SMILES string of the molecule is NC(=O)c1cc(N[C@H]2CCNC2=O)nc(-c2ccc(Oc3ccc(C(F)(F)F)cc3CN3CCCCC3)cc2)n1. The van der Waals surface area contributed by atoms with E-state index in [4.69, 9.17) is 10.5 Å². The molecule has 0 radical (unpaired) electrons. The van der Waals surface area contributed by atoms with Crippen molar-refractivity contribution in [2.75, 3.05) is 25.0 Å². The third kappa shape index (κ3) is 6.50. The number of rotatable bonds is 8. The van der Waals surface area contributed by atoms with Crippen molar-refractivity contribution in [2.24, 2.45) is 5.73 Å². The Labute approximate surface area is 228 Å². The quantitative estimate of drug-likeness (QED) is 0.379. The first-order valence-electron chi connectivity index (χ1n) is 13.1. The Kier molecular flexibility index (Phi) is 7.88. The van der Waals surface area contributed by atoms with Gasteiger partial charge in [0.15, 0.2) is 5.82 Å². The lowest BCUT2D eigenvalue weighted by molar-refractivity contribution is -0.137. The van der Waals surface area contributed by atoms with Crippen LogP contribution in [0.15, 0.2) is 48.5 Å². The number of piperidine rings is 1. The van der Waals surface area contributed by atoms with Crippen molar-refractivity contribution in [3.05, 3.63) is 65.4 Å². The molecule has 2 aromatic carbocycles. The monoisotopic (exact) mass is 554 g/mol. The molecule has 2 saturated heterocycles. The molecule has 40 heavy (non-hydrogen) atoms. The van der Waals surface area contributed by atoms with Gasteiger partial charge in [-0.25, -0.2) is 9.97 Å². The molecule has 210 valence electrons. The van der Waals surface area contributed by atoms with E-state index in [-0.39, 0.29) is 23.2 Å². The van der Waals surface area contributed by atoms with Crippen LogP contribution in [-0.4, -0.2) is 52.4 Å². The summed E-state index contributed by atoms with van der Waals surface area (Å²) < 4.78 is 46.3. The molecule has 0 spiro atoms. The molecule has 0 unspecified atom stereocenters. The van der Waals surface area contributed by atoms with E-state index in [1.807, 2.05) is 0 Å². The molecule has 3 aromatic rings. The maximum atomic E-state index is 13.4. The lowest BCUT2D eigenvalue weighted by atomic mass is 10.1. The van der Waals surface area contributed by atoms with Crippen LogP contribution in [0.2, 0.25) is 0 Å². The number of primary amides is 1. The Morgan fingerprint density at radius 2 is 1.82 bits per heavy atom. The summed E-state index contributed by atoms with van der Waals surface area (Å²) >= 11 is 0. The van der Waals surface area contributed by atoms with Gasteiger partial charge in [-0.3, -0.25) is 14.5 Å². The zero-order chi connectivity index (χ0) is 28.3. The largest absolute Gasteiger partial charge is 0.457 e. The van der Waals surface area contributed by atoms with Crippen LogP contribution < -0.4 is 21.1 Å². The number of nitrogens with one attached hydrogen (secondary N) is 2. The number of aromatic nitrogens is 2. The van der Waals surface area contributed by atoms with E-state index in [2.05, 4.69) is 25.5 Å². The number of nitrogens with two attached hydrogens (primary N) is 1. The fourth-order valence-corrected chi connectivity index (χ4v) is 4.82. The van der Waals surface area contributed by atoms with Crippen molar-refractivity contribution in [2.45, 2.75) is 44.4 Å². The van der Waals surface area contributed by atoms with Gasteiger partial charge in [0.1, 0.15) is 29.1 Å². The minimum absolute atomic E-state index is 0.0154. The molecule has 0 saturated carbocycles. The fourth-order valence-electron chi connectivity index (χ4n) is 4.82. The maximum Gasteiger partial charge on any atom is 0.416 e. The zero-order valence-electron chi connectivity index (χ0n) is 21.6. The number of carbonyl (C=O) groups is 2. The van der Waals surface area contributed by atoms with E-state index < -0.39 is 23.7 Å². The van der Waals surface area contributed by atoms with Crippen molar-refractivity contribution >= 4 is 17.6 Å². The summed E-state index contributed by atoms with van der Waals surface area (Å²) in [6, 6.07) is 11.1. The molecule has 0 aliphatic carbocycles. The van der Waals surface area contributed by atoms with Crippen LogP contribution in [-0.2, 0) is 17.5 Å². The molecule has 3 heterocycles. The molecule has 1 atom stereocenters. The molecular weight excluding hydrogens is 525 g/mol. The Bertz CT molecular complexity index is 1390. The Balaban J connectivity index is 1.38. The van der Waals surface area contributed by atoms with Crippen molar-refractivity contribution in [1.29, 1.82) is 0 Å². The van der Waals surface area contributed by atoms with Gasteiger partial charge in [-0.15, -0.1) is 0 Å². The topological polar surface area (TPSA) is 122 Å². The molecule has 2 amide bonds. The van der Waals surface area contributed by atoms with E-state index in [0.717, 1.165) is 44.5 Å². The molecule has 5 rings (SSSR count). The van der Waals surface area contributed by atoms with Crippen LogP contribution >= 0.6 is 0 Å². The molecular formula is C28H29F3N6O3. The average molecular weight is 555 g/mol. The lowest BCUT2D eigenvalue weighted by Crippen LogP contribution is -2.30.